The number of ketones is 1. The van der Waals surface area contributed by atoms with Crippen molar-refractivity contribution in [1.29, 1.82) is 5.26 Å². The largest absolute Gasteiger partial charge is 0.414 e. The van der Waals surface area contributed by atoms with E-state index in [1.807, 2.05) is 0 Å². The molecule has 2 fully saturated rings. The fraction of sp³-hybridized carbons (Fsp3) is 0.760. The Morgan fingerprint density at radius 2 is 1.69 bits per heavy atom. The Morgan fingerprint density at radius 3 is 2.17 bits per heavy atom. The molecule has 3 rings (SSSR count). The molecular weight excluding hydrogens is 494 g/mol. The number of ether oxygens (including phenoxy) is 1. The molecule has 200 valence electrons. The summed E-state index contributed by atoms with van der Waals surface area (Å²) in [7, 11) is -5.68. The fourth-order valence-electron chi connectivity index (χ4n) is 5.53. The molecule has 0 saturated carbocycles. The van der Waals surface area contributed by atoms with Gasteiger partial charge in [0.15, 0.2) is 6.23 Å². The summed E-state index contributed by atoms with van der Waals surface area (Å²) < 4.78 is 28.6. The van der Waals surface area contributed by atoms with Gasteiger partial charge in [-0.3, -0.25) is 9.36 Å². The molecule has 36 heavy (non-hydrogen) atoms. The molecule has 9 nitrogen and oxygen atoms in total. The maximum Gasteiger partial charge on any atom is 0.349 e. The van der Waals surface area contributed by atoms with E-state index < -0.39 is 47.2 Å². The van der Waals surface area contributed by atoms with Crippen molar-refractivity contribution in [2.75, 3.05) is 6.61 Å². The molecule has 2 aliphatic heterocycles. The summed E-state index contributed by atoms with van der Waals surface area (Å²) in [5.41, 5.74) is 0.425. The Kier molecular flexibility index (Phi) is 8.80. The van der Waals surface area contributed by atoms with Gasteiger partial charge in [0.25, 0.3) is 0 Å². The normalized spacial score (nSPS) is 27.7. The van der Waals surface area contributed by atoms with Crippen molar-refractivity contribution < 1.29 is 22.5 Å². The molecule has 4 atom stereocenters. The Bertz CT molecular complexity index is 1030. The van der Waals surface area contributed by atoms with Crippen molar-refractivity contribution in [3.63, 3.8) is 0 Å². The summed E-state index contributed by atoms with van der Waals surface area (Å²) in [5.74, 6) is -0.834. The van der Waals surface area contributed by atoms with Crippen LogP contribution < -0.4 is 5.69 Å². The lowest BCUT2D eigenvalue weighted by Gasteiger charge is -2.51. The quantitative estimate of drug-likeness (QED) is 0.473. The summed E-state index contributed by atoms with van der Waals surface area (Å²) in [4.78, 5) is 28.4. The van der Waals surface area contributed by atoms with E-state index in [1.165, 1.54) is 11.5 Å². The second kappa shape index (κ2) is 11.0. The zero-order valence-electron chi connectivity index (χ0n) is 23.0. The van der Waals surface area contributed by atoms with E-state index >= 15 is 0 Å². The first-order valence-corrected chi connectivity index (χ1v) is 16.9. The number of hydrogen-bond acceptors (Lipinski definition) is 8. The Labute approximate surface area is 216 Å². The van der Waals surface area contributed by atoms with E-state index in [2.05, 4.69) is 66.4 Å². The highest BCUT2D eigenvalue weighted by atomic mass is 28.5. The number of nitrogens with zero attached hydrogens (tertiary/aromatic N) is 3. The van der Waals surface area contributed by atoms with Crippen LogP contribution in [0, 0.1) is 17.2 Å². The van der Waals surface area contributed by atoms with Crippen LogP contribution in [0.15, 0.2) is 17.1 Å². The zero-order chi connectivity index (χ0) is 27.0. The number of rotatable bonds is 7. The van der Waals surface area contributed by atoms with Crippen molar-refractivity contribution in [2.45, 2.75) is 109 Å². The molecule has 0 aromatic carbocycles. The minimum atomic E-state index is -2.93. The van der Waals surface area contributed by atoms with Crippen LogP contribution in [0.5, 0.6) is 0 Å². The molecule has 2 saturated heterocycles. The molecule has 1 aromatic rings. The van der Waals surface area contributed by atoms with Gasteiger partial charge >= 0.3 is 22.8 Å². The summed E-state index contributed by atoms with van der Waals surface area (Å²) in [6.45, 7) is 18.8. The molecular formula is C25H41N3O6Si2. The van der Waals surface area contributed by atoms with E-state index in [4.69, 9.17) is 17.7 Å². The van der Waals surface area contributed by atoms with E-state index in [0.29, 0.717) is 5.69 Å². The van der Waals surface area contributed by atoms with Crippen LogP contribution in [-0.2, 0) is 28.9 Å². The van der Waals surface area contributed by atoms with Gasteiger partial charge in [0.2, 0.25) is 0 Å². The molecule has 0 unspecified atom stereocenters. The molecule has 0 aliphatic carbocycles. The van der Waals surface area contributed by atoms with Gasteiger partial charge < -0.3 is 17.7 Å². The number of nitriles is 1. The monoisotopic (exact) mass is 535 g/mol. The van der Waals surface area contributed by atoms with Crippen molar-refractivity contribution in [3.8, 4) is 6.07 Å². The SMILES string of the molecule is CC(=O)Cc1ccn([C@@H]2O[C@@H]3CO[Si](C(C)C)(C(C)C)O[Si](C(C)C)(C(C)C)O[C@H]3[C@@H]2C#N)c(=O)n1. The van der Waals surface area contributed by atoms with Gasteiger partial charge in [-0.05, 0) is 35.2 Å². The number of aromatic nitrogens is 2. The smallest absolute Gasteiger partial charge is 0.349 e. The number of carbonyl (C=O) groups excluding carboxylic acids is 1. The Balaban J connectivity index is 2.08. The topological polar surface area (TPSA) is 113 Å². The highest BCUT2D eigenvalue weighted by molar-refractivity contribution is 6.83. The van der Waals surface area contributed by atoms with Gasteiger partial charge in [-0.15, -0.1) is 0 Å². The van der Waals surface area contributed by atoms with Crippen LogP contribution >= 0.6 is 0 Å². The molecule has 0 radical (unpaired) electrons. The third kappa shape index (κ3) is 5.17. The molecule has 1 aromatic heterocycles. The predicted molar refractivity (Wildman–Crippen MR) is 140 cm³/mol. The number of carbonyl (C=O) groups is 1. The highest BCUT2D eigenvalue weighted by Gasteiger charge is 2.62. The van der Waals surface area contributed by atoms with Crippen molar-refractivity contribution in [1.82, 2.24) is 9.55 Å². The Hall–Kier alpha value is -1.69. The van der Waals surface area contributed by atoms with Gasteiger partial charge in [-0.2, -0.15) is 10.2 Å². The predicted octanol–water partition coefficient (Wildman–Crippen LogP) is 4.37. The number of fused-ring (bicyclic) bond motifs is 1. The van der Waals surface area contributed by atoms with Gasteiger partial charge in [0.1, 0.15) is 17.8 Å². The van der Waals surface area contributed by atoms with E-state index in [-0.39, 0.29) is 41.0 Å². The molecule has 11 heteroatoms. The molecule has 0 bridgehead atoms. The zero-order valence-corrected chi connectivity index (χ0v) is 25.0. The highest BCUT2D eigenvalue weighted by Crippen LogP contribution is 2.49. The molecule has 0 spiro atoms. The third-order valence-electron chi connectivity index (χ3n) is 7.41. The van der Waals surface area contributed by atoms with Gasteiger partial charge in [-0.1, -0.05) is 55.4 Å². The summed E-state index contributed by atoms with van der Waals surface area (Å²) in [6, 6.07) is 3.97. The van der Waals surface area contributed by atoms with Crippen LogP contribution in [-0.4, -0.2) is 51.3 Å². The van der Waals surface area contributed by atoms with Gasteiger partial charge in [0, 0.05) is 12.6 Å². The molecule has 0 amide bonds. The van der Waals surface area contributed by atoms with Crippen LogP contribution in [0.25, 0.3) is 0 Å². The van der Waals surface area contributed by atoms with E-state index in [0.717, 1.165) is 0 Å². The summed E-state index contributed by atoms with van der Waals surface area (Å²) in [5, 5.41) is 10.2. The molecule has 0 N–H and O–H groups in total. The second-order valence-corrected chi connectivity index (χ2v) is 20.1. The first kappa shape index (κ1) is 28.9. The van der Waals surface area contributed by atoms with E-state index in [1.54, 1.807) is 12.3 Å². The van der Waals surface area contributed by atoms with Crippen molar-refractivity contribution in [3.05, 3.63) is 28.4 Å². The molecule has 3 heterocycles. The van der Waals surface area contributed by atoms with Gasteiger partial charge in [0.05, 0.1) is 24.5 Å². The summed E-state index contributed by atoms with van der Waals surface area (Å²) in [6.07, 6.45) is -0.377. The first-order chi connectivity index (χ1) is 16.8. The number of Topliss-reactive ketones (excluding diaryl/α,β-unsaturated/α-hetero) is 1. The molecule has 2 aliphatic rings. The van der Waals surface area contributed by atoms with Crippen molar-refractivity contribution in [2.24, 2.45) is 5.92 Å². The minimum absolute atomic E-state index is 0.0802. The van der Waals surface area contributed by atoms with Crippen LogP contribution in [0.2, 0.25) is 22.2 Å². The van der Waals surface area contributed by atoms with Crippen LogP contribution in [0.3, 0.4) is 0 Å². The lowest BCUT2D eigenvalue weighted by molar-refractivity contribution is -0.116. The lowest BCUT2D eigenvalue weighted by Crippen LogP contribution is -2.65. The van der Waals surface area contributed by atoms with Gasteiger partial charge in [-0.25, -0.2) is 4.79 Å². The average molecular weight is 536 g/mol. The number of hydrogen-bond donors (Lipinski definition) is 0. The first-order valence-electron chi connectivity index (χ1n) is 12.9. The third-order valence-corrected chi connectivity index (χ3v) is 17.7. The van der Waals surface area contributed by atoms with E-state index in [9.17, 15) is 14.9 Å². The summed E-state index contributed by atoms with van der Waals surface area (Å²) >= 11 is 0. The Morgan fingerprint density at radius 1 is 1.11 bits per heavy atom. The second-order valence-electron chi connectivity index (χ2n) is 11.3. The minimum Gasteiger partial charge on any atom is -0.414 e. The maximum absolute atomic E-state index is 12.9. The maximum atomic E-state index is 12.9. The standard InChI is InChI=1S/C25H41N3O6Si2/c1-15(2)35(16(3)4)31-14-22-23(33-36(34-35,17(5)6)18(7)8)21(13-26)24(32-22)28-11-10-20(12-19(9)29)27-25(28)30/h10-11,15-18,21-24H,12,14H2,1-9H3/t21-,22+,23-,24+/m0/s1. The lowest BCUT2D eigenvalue weighted by atomic mass is 10.0. The van der Waals surface area contributed by atoms with Crippen LogP contribution in [0.1, 0.15) is 74.2 Å². The van der Waals surface area contributed by atoms with Crippen LogP contribution in [0.4, 0.5) is 0 Å². The average Bonchev–Trinajstić information content (AvgIpc) is 3.08. The van der Waals surface area contributed by atoms with Crippen molar-refractivity contribution >= 4 is 22.9 Å². The fourth-order valence-corrected chi connectivity index (χ4v) is 16.7.